The number of hydrogen-bond acceptors (Lipinski definition) is 5. The first kappa shape index (κ1) is 21.4. The first-order valence-electron chi connectivity index (χ1n) is 10.7. The maximum atomic E-state index is 14.1. The standard InChI is InChI=1S/C26H24N2O4S/c1-17-8-10-18(11-9-17)15-27-21-7-5-4-6-20(21)26(25(27)30)28(24(29)16-33-26)19-12-13-22(31-2)23(14-19)32-3/h4-14H,15-16H2,1-3H3/t26-/m1/s1. The minimum absolute atomic E-state index is 0.116. The fraction of sp³-hybridized carbons (Fsp3) is 0.231. The quantitative estimate of drug-likeness (QED) is 0.562. The van der Waals surface area contributed by atoms with Crippen LogP contribution in [0.15, 0.2) is 66.7 Å². The molecule has 0 bridgehead atoms. The molecule has 3 aromatic carbocycles. The summed E-state index contributed by atoms with van der Waals surface area (Å²) in [4.78, 5) is 29.6. The Morgan fingerprint density at radius 3 is 2.39 bits per heavy atom. The zero-order valence-corrected chi connectivity index (χ0v) is 19.5. The number of carbonyl (C=O) groups excluding carboxylic acids is 2. The van der Waals surface area contributed by atoms with E-state index < -0.39 is 4.87 Å². The van der Waals surface area contributed by atoms with Crippen LogP contribution in [-0.4, -0.2) is 31.8 Å². The highest BCUT2D eigenvalue weighted by Crippen LogP contribution is 2.56. The fourth-order valence-corrected chi connectivity index (χ4v) is 5.91. The SMILES string of the molecule is COc1ccc(N2C(=O)CS[C@]23C(=O)N(Cc2ccc(C)cc2)c2ccccc23)cc1OC. The Hall–Kier alpha value is -3.45. The van der Waals surface area contributed by atoms with E-state index in [1.807, 2.05) is 55.5 Å². The van der Waals surface area contributed by atoms with Gasteiger partial charge in [-0.05, 0) is 30.7 Å². The molecule has 33 heavy (non-hydrogen) atoms. The lowest BCUT2D eigenvalue weighted by atomic mass is 10.0. The summed E-state index contributed by atoms with van der Waals surface area (Å²) in [5, 5.41) is 0. The van der Waals surface area contributed by atoms with Crippen molar-refractivity contribution in [2.45, 2.75) is 18.3 Å². The maximum Gasteiger partial charge on any atom is 0.269 e. The molecule has 0 unspecified atom stereocenters. The lowest BCUT2D eigenvalue weighted by Gasteiger charge is -2.33. The second kappa shape index (κ2) is 8.15. The predicted molar refractivity (Wildman–Crippen MR) is 130 cm³/mol. The van der Waals surface area contributed by atoms with Gasteiger partial charge in [-0.15, -0.1) is 11.8 Å². The third-order valence-corrected chi connectivity index (χ3v) is 7.54. The smallest absolute Gasteiger partial charge is 0.269 e. The van der Waals surface area contributed by atoms with E-state index in [0.717, 1.165) is 16.8 Å². The van der Waals surface area contributed by atoms with Crippen molar-refractivity contribution >= 4 is 35.0 Å². The lowest BCUT2D eigenvalue weighted by Crippen LogP contribution is -2.49. The van der Waals surface area contributed by atoms with Gasteiger partial charge in [0.25, 0.3) is 5.91 Å². The van der Waals surface area contributed by atoms with Crippen molar-refractivity contribution in [3.05, 3.63) is 83.4 Å². The van der Waals surface area contributed by atoms with Crippen LogP contribution >= 0.6 is 11.8 Å². The molecule has 2 heterocycles. The van der Waals surface area contributed by atoms with Crippen LogP contribution in [0.4, 0.5) is 11.4 Å². The van der Waals surface area contributed by atoms with Crippen LogP contribution in [-0.2, 0) is 21.0 Å². The van der Waals surface area contributed by atoms with E-state index in [-0.39, 0.29) is 17.6 Å². The molecule has 0 aliphatic carbocycles. The van der Waals surface area contributed by atoms with E-state index in [9.17, 15) is 9.59 Å². The summed E-state index contributed by atoms with van der Waals surface area (Å²) >= 11 is 1.37. The second-order valence-electron chi connectivity index (χ2n) is 8.10. The summed E-state index contributed by atoms with van der Waals surface area (Å²) in [6.45, 7) is 2.48. The number of ether oxygens (including phenoxy) is 2. The average molecular weight is 461 g/mol. The van der Waals surface area contributed by atoms with Crippen LogP contribution in [0, 0.1) is 6.92 Å². The number of thioether (sulfide) groups is 1. The molecule has 1 saturated heterocycles. The zero-order chi connectivity index (χ0) is 23.2. The molecule has 3 aromatic rings. The van der Waals surface area contributed by atoms with Crippen molar-refractivity contribution in [1.82, 2.24) is 0 Å². The molecule has 0 N–H and O–H groups in total. The number of benzene rings is 3. The summed E-state index contributed by atoms with van der Waals surface area (Å²) in [5.74, 6) is 1.05. The molecule has 1 spiro atoms. The van der Waals surface area contributed by atoms with E-state index in [1.165, 1.54) is 17.3 Å². The molecule has 2 amide bonds. The monoisotopic (exact) mass is 460 g/mol. The van der Waals surface area contributed by atoms with E-state index in [2.05, 4.69) is 0 Å². The van der Waals surface area contributed by atoms with Crippen molar-refractivity contribution in [3.63, 3.8) is 0 Å². The molecule has 0 radical (unpaired) electrons. The van der Waals surface area contributed by atoms with Crippen molar-refractivity contribution in [3.8, 4) is 11.5 Å². The minimum atomic E-state index is -1.15. The van der Waals surface area contributed by atoms with E-state index in [0.29, 0.717) is 23.7 Å². The Bertz CT molecular complexity index is 1240. The number of para-hydroxylation sites is 1. The molecule has 168 valence electrons. The van der Waals surface area contributed by atoms with Gasteiger partial charge in [-0.1, -0.05) is 48.0 Å². The number of carbonyl (C=O) groups is 2. The van der Waals surface area contributed by atoms with Gasteiger partial charge in [0.15, 0.2) is 11.5 Å². The Labute approximate surface area is 197 Å². The van der Waals surface area contributed by atoms with Crippen LogP contribution in [0.2, 0.25) is 0 Å². The third-order valence-electron chi connectivity index (χ3n) is 6.15. The van der Waals surface area contributed by atoms with Gasteiger partial charge in [0.2, 0.25) is 10.8 Å². The number of methoxy groups -OCH3 is 2. The fourth-order valence-electron chi connectivity index (χ4n) is 4.55. The van der Waals surface area contributed by atoms with E-state index in [1.54, 1.807) is 42.2 Å². The largest absolute Gasteiger partial charge is 0.493 e. The van der Waals surface area contributed by atoms with Gasteiger partial charge in [0.05, 0.1) is 32.2 Å². The summed E-state index contributed by atoms with van der Waals surface area (Å²) in [5.41, 5.74) is 4.46. The predicted octanol–water partition coefficient (Wildman–Crippen LogP) is 4.49. The van der Waals surface area contributed by atoms with Gasteiger partial charge in [-0.2, -0.15) is 0 Å². The third kappa shape index (κ3) is 3.26. The Morgan fingerprint density at radius 1 is 0.939 bits per heavy atom. The number of anilines is 2. The summed E-state index contributed by atoms with van der Waals surface area (Å²) in [6.07, 6.45) is 0. The number of amides is 2. The highest BCUT2D eigenvalue weighted by atomic mass is 32.2. The molecular weight excluding hydrogens is 436 g/mol. The number of rotatable bonds is 5. The van der Waals surface area contributed by atoms with Crippen LogP contribution in [0.1, 0.15) is 16.7 Å². The minimum Gasteiger partial charge on any atom is -0.493 e. The van der Waals surface area contributed by atoms with Crippen molar-refractivity contribution < 1.29 is 19.1 Å². The van der Waals surface area contributed by atoms with Crippen molar-refractivity contribution in [2.24, 2.45) is 0 Å². The summed E-state index contributed by atoms with van der Waals surface area (Å²) in [6, 6.07) is 21.2. The molecular formula is C26H24N2O4S. The van der Waals surface area contributed by atoms with Crippen LogP contribution < -0.4 is 19.3 Å². The van der Waals surface area contributed by atoms with Gasteiger partial charge >= 0.3 is 0 Å². The van der Waals surface area contributed by atoms with Gasteiger partial charge in [0.1, 0.15) is 0 Å². The molecule has 0 aromatic heterocycles. The summed E-state index contributed by atoms with van der Waals surface area (Å²) in [7, 11) is 3.12. The highest BCUT2D eigenvalue weighted by Gasteiger charge is 2.61. The van der Waals surface area contributed by atoms with Gasteiger partial charge < -0.3 is 14.4 Å². The van der Waals surface area contributed by atoms with Crippen LogP contribution in [0.25, 0.3) is 0 Å². The molecule has 0 saturated carbocycles. The first-order valence-corrected chi connectivity index (χ1v) is 11.6. The van der Waals surface area contributed by atoms with Crippen LogP contribution in [0.3, 0.4) is 0 Å². The Kier molecular flexibility index (Phi) is 5.29. The number of nitrogens with zero attached hydrogens (tertiary/aromatic N) is 2. The number of fused-ring (bicyclic) bond motifs is 2. The van der Waals surface area contributed by atoms with E-state index >= 15 is 0 Å². The molecule has 6 nitrogen and oxygen atoms in total. The normalized spacial score (nSPS) is 19.4. The first-order chi connectivity index (χ1) is 16.0. The molecule has 2 aliphatic rings. The van der Waals surface area contributed by atoms with Crippen LogP contribution in [0.5, 0.6) is 11.5 Å². The zero-order valence-electron chi connectivity index (χ0n) is 18.7. The second-order valence-corrected chi connectivity index (χ2v) is 9.26. The molecule has 1 atom stereocenters. The lowest BCUT2D eigenvalue weighted by molar-refractivity contribution is -0.123. The van der Waals surface area contributed by atoms with Crippen molar-refractivity contribution in [2.75, 3.05) is 29.8 Å². The molecule has 5 rings (SSSR count). The van der Waals surface area contributed by atoms with E-state index in [4.69, 9.17) is 9.47 Å². The Morgan fingerprint density at radius 2 is 1.67 bits per heavy atom. The average Bonchev–Trinajstić information content (AvgIpc) is 3.31. The number of aryl methyl sites for hydroxylation is 1. The van der Waals surface area contributed by atoms with Gasteiger partial charge in [-0.25, -0.2) is 0 Å². The van der Waals surface area contributed by atoms with Gasteiger partial charge in [-0.3, -0.25) is 14.5 Å². The topological polar surface area (TPSA) is 59.1 Å². The molecule has 7 heteroatoms. The molecule has 2 aliphatic heterocycles. The highest BCUT2D eigenvalue weighted by molar-refractivity contribution is 8.02. The molecule has 1 fully saturated rings. The van der Waals surface area contributed by atoms with Gasteiger partial charge in [0, 0.05) is 17.3 Å². The maximum absolute atomic E-state index is 14.1. The number of hydrogen-bond donors (Lipinski definition) is 0. The summed E-state index contributed by atoms with van der Waals surface area (Å²) < 4.78 is 10.8. The Balaban J connectivity index is 1.62. The van der Waals surface area contributed by atoms with Crippen molar-refractivity contribution in [1.29, 1.82) is 0 Å².